The number of carbonyl (C=O) groups excluding carboxylic acids is 2. The number of phenols is 1. The van der Waals surface area contributed by atoms with Gasteiger partial charge >= 0.3 is 11.9 Å². The summed E-state index contributed by atoms with van der Waals surface area (Å²) in [7, 11) is 2.42. The monoisotopic (exact) mass is 292 g/mol. The van der Waals surface area contributed by atoms with Crippen LogP contribution >= 0.6 is 0 Å². The molecule has 0 saturated carbocycles. The van der Waals surface area contributed by atoms with Gasteiger partial charge in [-0.3, -0.25) is 0 Å². The number of allylic oxidation sites excluding steroid dienone is 1. The molecule has 1 aromatic rings. The zero-order chi connectivity index (χ0) is 16.2. The van der Waals surface area contributed by atoms with Crippen molar-refractivity contribution in [2.24, 2.45) is 0 Å². The highest BCUT2D eigenvalue weighted by atomic mass is 16.5. The molecule has 0 bridgehead atoms. The molecule has 0 amide bonds. The van der Waals surface area contributed by atoms with Gasteiger partial charge in [0, 0.05) is 5.56 Å². The Morgan fingerprint density at radius 2 is 1.67 bits per heavy atom. The summed E-state index contributed by atoms with van der Waals surface area (Å²) >= 11 is 0. The number of methoxy groups -OCH3 is 2. The van der Waals surface area contributed by atoms with Crippen molar-refractivity contribution in [1.82, 2.24) is 0 Å². The summed E-state index contributed by atoms with van der Waals surface area (Å²) in [5.41, 5.74) is 1.89. The molecule has 0 unspecified atom stereocenters. The highest BCUT2D eigenvalue weighted by Gasteiger charge is 2.29. The van der Waals surface area contributed by atoms with Gasteiger partial charge < -0.3 is 14.6 Å². The maximum Gasteiger partial charge on any atom is 0.342 e. The summed E-state index contributed by atoms with van der Waals surface area (Å²) in [6.07, 6.45) is 2.63. The fourth-order valence-electron chi connectivity index (χ4n) is 2.48. The van der Waals surface area contributed by atoms with Crippen molar-refractivity contribution in [3.05, 3.63) is 40.5 Å². The van der Waals surface area contributed by atoms with Crippen LogP contribution in [0.3, 0.4) is 0 Å². The first-order valence-electron chi connectivity index (χ1n) is 6.59. The Bertz CT molecular complexity index is 587. The van der Waals surface area contributed by atoms with E-state index in [1.165, 1.54) is 14.2 Å². The first kappa shape index (κ1) is 16.8. The van der Waals surface area contributed by atoms with Crippen LogP contribution in [0.15, 0.2) is 12.7 Å². The summed E-state index contributed by atoms with van der Waals surface area (Å²) in [5.74, 6) is -1.70. The van der Waals surface area contributed by atoms with Crippen LogP contribution in [0.1, 0.15) is 44.3 Å². The van der Waals surface area contributed by atoms with E-state index in [0.717, 1.165) is 5.56 Å². The van der Waals surface area contributed by atoms with Gasteiger partial charge in [-0.05, 0) is 30.9 Å². The SMILES string of the molecule is C=CCc1c(O)c(C(=O)OC)c(C(=O)OC)c(C)c1CC. The number of hydrogen-bond donors (Lipinski definition) is 1. The van der Waals surface area contributed by atoms with E-state index in [2.05, 4.69) is 11.3 Å². The summed E-state index contributed by atoms with van der Waals surface area (Å²) in [6, 6.07) is 0. The predicted octanol–water partition coefficient (Wildman–Crippen LogP) is 2.56. The second kappa shape index (κ2) is 6.92. The molecule has 0 atom stereocenters. The standard InChI is InChI=1S/C16H20O5/c1-6-8-11-10(7-2)9(3)12(15(18)20-4)13(14(11)17)16(19)21-5/h6,17H,1,7-8H2,2-5H3. The van der Waals surface area contributed by atoms with Crippen molar-refractivity contribution in [2.45, 2.75) is 26.7 Å². The fourth-order valence-corrected chi connectivity index (χ4v) is 2.48. The molecule has 0 aromatic heterocycles. The van der Waals surface area contributed by atoms with Gasteiger partial charge in [0.15, 0.2) is 0 Å². The normalized spacial score (nSPS) is 10.1. The minimum atomic E-state index is -0.774. The van der Waals surface area contributed by atoms with Crippen LogP contribution < -0.4 is 0 Å². The van der Waals surface area contributed by atoms with Crippen LogP contribution in [-0.4, -0.2) is 31.3 Å². The third kappa shape index (κ3) is 2.91. The molecule has 1 aromatic carbocycles. The van der Waals surface area contributed by atoms with Gasteiger partial charge in [-0.15, -0.1) is 6.58 Å². The molecule has 0 aliphatic rings. The zero-order valence-corrected chi connectivity index (χ0v) is 12.8. The average Bonchev–Trinajstić information content (AvgIpc) is 2.49. The van der Waals surface area contributed by atoms with Crippen LogP contribution in [0.4, 0.5) is 0 Å². The molecule has 0 saturated heterocycles. The smallest absolute Gasteiger partial charge is 0.342 e. The fraction of sp³-hybridized carbons (Fsp3) is 0.375. The van der Waals surface area contributed by atoms with Gasteiger partial charge in [-0.1, -0.05) is 13.0 Å². The zero-order valence-electron chi connectivity index (χ0n) is 12.8. The van der Waals surface area contributed by atoms with Crippen molar-refractivity contribution in [3.8, 4) is 5.75 Å². The maximum atomic E-state index is 12.0. The molecule has 0 aliphatic heterocycles. The quantitative estimate of drug-likeness (QED) is 0.667. The Labute approximate surface area is 124 Å². The molecule has 0 aliphatic carbocycles. The van der Waals surface area contributed by atoms with Crippen LogP contribution in [0.25, 0.3) is 0 Å². The molecule has 114 valence electrons. The maximum absolute atomic E-state index is 12.0. The van der Waals surface area contributed by atoms with E-state index >= 15 is 0 Å². The Hall–Kier alpha value is -2.30. The van der Waals surface area contributed by atoms with Crippen molar-refractivity contribution < 1.29 is 24.2 Å². The highest BCUT2D eigenvalue weighted by Crippen LogP contribution is 2.35. The lowest BCUT2D eigenvalue weighted by molar-refractivity contribution is 0.0551. The first-order chi connectivity index (χ1) is 9.94. The first-order valence-corrected chi connectivity index (χ1v) is 6.59. The molecule has 0 spiro atoms. The molecule has 1 N–H and O–H groups in total. The third-order valence-corrected chi connectivity index (χ3v) is 3.45. The Morgan fingerprint density at radius 3 is 2.10 bits per heavy atom. The van der Waals surface area contributed by atoms with E-state index in [1.807, 2.05) is 6.92 Å². The number of esters is 2. The van der Waals surface area contributed by atoms with Crippen molar-refractivity contribution in [3.63, 3.8) is 0 Å². The highest BCUT2D eigenvalue weighted by molar-refractivity contribution is 6.06. The lowest BCUT2D eigenvalue weighted by Crippen LogP contribution is -2.17. The van der Waals surface area contributed by atoms with Crippen LogP contribution in [0.2, 0.25) is 0 Å². The summed E-state index contributed by atoms with van der Waals surface area (Å²) in [4.78, 5) is 24.0. The number of benzene rings is 1. The van der Waals surface area contributed by atoms with E-state index in [4.69, 9.17) is 4.74 Å². The van der Waals surface area contributed by atoms with Crippen LogP contribution in [0.5, 0.6) is 5.75 Å². The second-order valence-electron chi connectivity index (χ2n) is 4.51. The lowest BCUT2D eigenvalue weighted by Gasteiger charge is -2.19. The third-order valence-electron chi connectivity index (χ3n) is 3.45. The molecule has 5 nitrogen and oxygen atoms in total. The minimum absolute atomic E-state index is 0.0477. The molecule has 0 fully saturated rings. The summed E-state index contributed by atoms with van der Waals surface area (Å²) < 4.78 is 9.41. The van der Waals surface area contributed by atoms with E-state index < -0.39 is 11.9 Å². The molecule has 0 radical (unpaired) electrons. The largest absolute Gasteiger partial charge is 0.507 e. The van der Waals surface area contributed by atoms with E-state index in [9.17, 15) is 14.7 Å². The van der Waals surface area contributed by atoms with Gasteiger partial charge in [0.2, 0.25) is 0 Å². The summed E-state index contributed by atoms with van der Waals surface area (Å²) in [5, 5.41) is 10.4. The number of phenolic OH excluding ortho intramolecular Hbond substituents is 1. The van der Waals surface area contributed by atoms with Gasteiger partial charge in [0.1, 0.15) is 11.3 Å². The number of ether oxygens (including phenoxy) is 2. The lowest BCUT2D eigenvalue weighted by atomic mass is 9.88. The van der Waals surface area contributed by atoms with E-state index in [1.54, 1.807) is 13.0 Å². The molecule has 5 heteroatoms. The number of rotatable bonds is 5. The summed E-state index contributed by atoms with van der Waals surface area (Å²) in [6.45, 7) is 7.29. The van der Waals surface area contributed by atoms with Crippen molar-refractivity contribution in [2.75, 3.05) is 14.2 Å². The molecule has 21 heavy (non-hydrogen) atoms. The van der Waals surface area contributed by atoms with Crippen molar-refractivity contribution >= 4 is 11.9 Å². The Morgan fingerprint density at radius 1 is 1.14 bits per heavy atom. The Balaban J connectivity index is 3.85. The topological polar surface area (TPSA) is 72.8 Å². The molecular weight excluding hydrogens is 272 g/mol. The van der Waals surface area contributed by atoms with E-state index in [-0.39, 0.29) is 16.9 Å². The molecule has 1 rings (SSSR count). The van der Waals surface area contributed by atoms with Gasteiger partial charge in [0.05, 0.1) is 19.8 Å². The van der Waals surface area contributed by atoms with Crippen LogP contribution in [-0.2, 0) is 22.3 Å². The van der Waals surface area contributed by atoms with Gasteiger partial charge in [-0.25, -0.2) is 9.59 Å². The predicted molar refractivity (Wildman–Crippen MR) is 78.8 cm³/mol. The second-order valence-corrected chi connectivity index (χ2v) is 4.51. The van der Waals surface area contributed by atoms with E-state index in [0.29, 0.717) is 24.0 Å². The Kier molecular flexibility index (Phi) is 5.52. The van der Waals surface area contributed by atoms with Crippen molar-refractivity contribution in [1.29, 1.82) is 0 Å². The van der Waals surface area contributed by atoms with Gasteiger partial charge in [-0.2, -0.15) is 0 Å². The average molecular weight is 292 g/mol. The minimum Gasteiger partial charge on any atom is -0.507 e. The number of carbonyl (C=O) groups is 2. The number of aromatic hydroxyl groups is 1. The number of hydrogen-bond acceptors (Lipinski definition) is 5. The van der Waals surface area contributed by atoms with Crippen LogP contribution in [0, 0.1) is 6.92 Å². The molecular formula is C16H20O5. The molecule has 0 heterocycles. The van der Waals surface area contributed by atoms with Gasteiger partial charge in [0.25, 0.3) is 0 Å².